The van der Waals surface area contributed by atoms with Gasteiger partial charge in [0.15, 0.2) is 0 Å². The lowest BCUT2D eigenvalue weighted by Crippen LogP contribution is -1.93. The molecule has 3 heterocycles. The highest BCUT2D eigenvalue weighted by atomic mass is 16.5. The molecule has 3 aromatic heterocycles. The van der Waals surface area contributed by atoms with Crippen LogP contribution in [-0.2, 0) is 7.05 Å². The van der Waals surface area contributed by atoms with Crippen molar-refractivity contribution in [1.29, 1.82) is 0 Å². The van der Waals surface area contributed by atoms with Crippen molar-refractivity contribution < 1.29 is 4.74 Å². The topological polar surface area (TPSA) is 68.6 Å². The summed E-state index contributed by atoms with van der Waals surface area (Å²) in [6, 6.07) is 10.1. The Labute approximate surface area is 126 Å². The molecule has 0 radical (unpaired) electrons. The van der Waals surface area contributed by atoms with Crippen LogP contribution in [0.15, 0.2) is 36.5 Å². The van der Waals surface area contributed by atoms with Gasteiger partial charge in [0.2, 0.25) is 5.88 Å². The number of hydrogen-bond donors (Lipinski definition) is 1. The van der Waals surface area contributed by atoms with Crippen LogP contribution in [0.25, 0.3) is 33.2 Å². The Morgan fingerprint density at radius 2 is 2.14 bits per heavy atom. The summed E-state index contributed by atoms with van der Waals surface area (Å²) < 4.78 is 7.22. The average molecular weight is 293 g/mol. The number of nitrogens with one attached hydrogen (secondary N) is 1. The molecule has 0 atom stereocenters. The molecule has 0 aliphatic heterocycles. The number of benzene rings is 1. The van der Waals surface area contributed by atoms with Crippen molar-refractivity contribution in [1.82, 2.24) is 25.0 Å². The zero-order chi connectivity index (χ0) is 15.1. The molecule has 0 fully saturated rings. The van der Waals surface area contributed by atoms with Gasteiger partial charge in [-0.1, -0.05) is 11.3 Å². The number of aromatic nitrogens is 5. The van der Waals surface area contributed by atoms with E-state index in [1.165, 1.54) is 0 Å². The summed E-state index contributed by atoms with van der Waals surface area (Å²) in [5, 5.41) is 9.22. The first kappa shape index (κ1) is 12.8. The maximum absolute atomic E-state index is 5.44. The van der Waals surface area contributed by atoms with E-state index in [-0.39, 0.29) is 0 Å². The highest BCUT2D eigenvalue weighted by Crippen LogP contribution is 2.30. The number of aromatic amines is 1. The molecule has 1 N–H and O–H groups in total. The van der Waals surface area contributed by atoms with Gasteiger partial charge in [-0.15, -0.1) is 5.10 Å². The lowest BCUT2D eigenvalue weighted by atomic mass is 10.1. The van der Waals surface area contributed by atoms with Gasteiger partial charge in [0.05, 0.1) is 12.1 Å². The van der Waals surface area contributed by atoms with Crippen LogP contribution in [0.4, 0.5) is 0 Å². The number of H-pyrrole nitrogens is 1. The quantitative estimate of drug-likeness (QED) is 0.630. The Kier molecular flexibility index (Phi) is 2.82. The van der Waals surface area contributed by atoms with E-state index >= 15 is 0 Å². The van der Waals surface area contributed by atoms with Gasteiger partial charge in [0, 0.05) is 30.3 Å². The molecule has 0 amide bonds. The van der Waals surface area contributed by atoms with Crippen molar-refractivity contribution in [3.05, 3.63) is 36.5 Å². The zero-order valence-corrected chi connectivity index (χ0v) is 12.4. The van der Waals surface area contributed by atoms with E-state index < -0.39 is 0 Å². The number of hydrogen-bond acceptors (Lipinski definition) is 4. The minimum atomic E-state index is 0.607. The van der Waals surface area contributed by atoms with Crippen LogP contribution in [0.1, 0.15) is 6.92 Å². The monoisotopic (exact) mass is 293 g/mol. The predicted molar refractivity (Wildman–Crippen MR) is 84.8 cm³/mol. The normalized spacial score (nSPS) is 11.4. The predicted octanol–water partition coefficient (Wildman–Crippen LogP) is 2.91. The van der Waals surface area contributed by atoms with Crippen LogP contribution >= 0.6 is 0 Å². The van der Waals surface area contributed by atoms with E-state index in [4.69, 9.17) is 4.74 Å². The largest absolute Gasteiger partial charge is 0.478 e. The molecule has 1 aromatic carbocycles. The number of rotatable bonds is 3. The van der Waals surface area contributed by atoms with Gasteiger partial charge in [-0.3, -0.25) is 0 Å². The third kappa shape index (κ3) is 1.92. The van der Waals surface area contributed by atoms with Crippen LogP contribution in [0, 0.1) is 0 Å². The Bertz CT molecular complexity index is 969. The zero-order valence-electron chi connectivity index (χ0n) is 12.4. The molecule has 6 nitrogen and oxygen atoms in total. The van der Waals surface area contributed by atoms with Crippen LogP contribution < -0.4 is 4.74 Å². The molecule has 0 spiro atoms. The second-order valence-corrected chi connectivity index (χ2v) is 5.10. The SMILES string of the molecule is CCOc1ccc2c(-c3ccc4nnn(C)c4c3)c[nH]c2n1. The highest BCUT2D eigenvalue weighted by molar-refractivity contribution is 5.95. The Morgan fingerprint density at radius 1 is 1.23 bits per heavy atom. The van der Waals surface area contributed by atoms with E-state index in [2.05, 4.69) is 32.4 Å². The number of aryl methyl sites for hydroxylation is 1. The fourth-order valence-electron chi connectivity index (χ4n) is 2.65. The number of pyridine rings is 1. The lowest BCUT2D eigenvalue weighted by molar-refractivity contribution is 0.328. The first-order valence-electron chi connectivity index (χ1n) is 7.17. The number of fused-ring (bicyclic) bond motifs is 2. The summed E-state index contributed by atoms with van der Waals surface area (Å²) in [6.45, 7) is 2.55. The molecule has 4 aromatic rings. The highest BCUT2D eigenvalue weighted by Gasteiger charge is 2.10. The molecule has 6 heteroatoms. The Balaban J connectivity index is 1.86. The maximum Gasteiger partial charge on any atom is 0.215 e. The summed E-state index contributed by atoms with van der Waals surface area (Å²) in [5.74, 6) is 0.634. The molecule has 0 aliphatic carbocycles. The van der Waals surface area contributed by atoms with Gasteiger partial charge in [0.25, 0.3) is 0 Å². The van der Waals surface area contributed by atoms with Gasteiger partial charge in [-0.2, -0.15) is 4.98 Å². The molecule has 22 heavy (non-hydrogen) atoms. The molecule has 0 unspecified atom stereocenters. The molecule has 0 saturated heterocycles. The Morgan fingerprint density at radius 3 is 3.00 bits per heavy atom. The molecule has 4 rings (SSSR count). The first-order valence-corrected chi connectivity index (χ1v) is 7.17. The average Bonchev–Trinajstić information content (AvgIpc) is 3.11. The third-order valence-electron chi connectivity index (χ3n) is 3.73. The van der Waals surface area contributed by atoms with Crippen molar-refractivity contribution in [2.45, 2.75) is 6.92 Å². The van der Waals surface area contributed by atoms with Crippen molar-refractivity contribution in [3.63, 3.8) is 0 Å². The van der Waals surface area contributed by atoms with Crippen molar-refractivity contribution in [2.24, 2.45) is 7.05 Å². The number of ether oxygens (including phenoxy) is 1. The maximum atomic E-state index is 5.44. The van der Waals surface area contributed by atoms with E-state index in [9.17, 15) is 0 Å². The van der Waals surface area contributed by atoms with Crippen molar-refractivity contribution in [2.75, 3.05) is 6.61 Å². The van der Waals surface area contributed by atoms with Gasteiger partial charge >= 0.3 is 0 Å². The minimum absolute atomic E-state index is 0.607. The molecule has 0 aliphatic rings. The Hall–Kier alpha value is -2.89. The van der Waals surface area contributed by atoms with Crippen LogP contribution in [0.3, 0.4) is 0 Å². The molecule has 0 saturated carbocycles. The summed E-state index contributed by atoms with van der Waals surface area (Å²) in [4.78, 5) is 7.69. The van der Waals surface area contributed by atoms with E-state index in [0.29, 0.717) is 12.5 Å². The van der Waals surface area contributed by atoms with Gasteiger partial charge < -0.3 is 9.72 Å². The summed E-state index contributed by atoms with van der Waals surface area (Å²) in [5.41, 5.74) is 4.93. The van der Waals surface area contributed by atoms with Crippen LogP contribution in [0.5, 0.6) is 5.88 Å². The van der Waals surface area contributed by atoms with E-state index in [0.717, 1.165) is 33.2 Å². The minimum Gasteiger partial charge on any atom is -0.478 e. The van der Waals surface area contributed by atoms with Gasteiger partial charge in [-0.05, 0) is 30.7 Å². The summed E-state index contributed by atoms with van der Waals surface area (Å²) in [6.07, 6.45) is 1.97. The van der Waals surface area contributed by atoms with Crippen LogP contribution in [-0.4, -0.2) is 31.6 Å². The fourth-order valence-corrected chi connectivity index (χ4v) is 2.65. The van der Waals surface area contributed by atoms with E-state index in [1.807, 2.05) is 38.4 Å². The van der Waals surface area contributed by atoms with Gasteiger partial charge in [0.1, 0.15) is 11.2 Å². The standard InChI is InChI=1S/C16H15N5O/c1-3-22-15-7-5-11-12(9-17-16(11)18-15)10-4-6-13-14(8-10)21(2)20-19-13/h4-9H,3H2,1-2H3,(H,17,18). The van der Waals surface area contributed by atoms with Crippen molar-refractivity contribution in [3.8, 4) is 17.0 Å². The summed E-state index contributed by atoms with van der Waals surface area (Å²) >= 11 is 0. The molecule has 110 valence electrons. The lowest BCUT2D eigenvalue weighted by Gasteiger charge is -2.03. The molecular weight excluding hydrogens is 278 g/mol. The van der Waals surface area contributed by atoms with E-state index in [1.54, 1.807) is 4.68 Å². The van der Waals surface area contributed by atoms with Gasteiger partial charge in [-0.25, -0.2) is 4.68 Å². The second-order valence-electron chi connectivity index (χ2n) is 5.10. The third-order valence-corrected chi connectivity index (χ3v) is 3.73. The number of nitrogens with zero attached hydrogens (tertiary/aromatic N) is 4. The fraction of sp³-hybridized carbons (Fsp3) is 0.188. The first-order chi connectivity index (χ1) is 10.8. The molecule has 0 bridgehead atoms. The second kappa shape index (κ2) is 4.84. The van der Waals surface area contributed by atoms with Crippen molar-refractivity contribution >= 4 is 22.1 Å². The molecular formula is C16H15N5O. The summed E-state index contributed by atoms with van der Waals surface area (Å²) in [7, 11) is 1.89. The smallest absolute Gasteiger partial charge is 0.215 e. The van der Waals surface area contributed by atoms with Crippen LogP contribution in [0.2, 0.25) is 0 Å².